The van der Waals surface area contributed by atoms with E-state index in [0.29, 0.717) is 23.9 Å². The number of amides is 1. The first-order valence-electron chi connectivity index (χ1n) is 11.8. The molecule has 1 aliphatic heterocycles. The average Bonchev–Trinajstić information content (AvgIpc) is 3.46. The van der Waals surface area contributed by atoms with E-state index in [0.717, 1.165) is 41.6 Å². The molecule has 3 heterocycles. The number of thiophene rings is 1. The third kappa shape index (κ3) is 5.50. The van der Waals surface area contributed by atoms with E-state index in [1.165, 1.54) is 60.1 Å². The number of likely N-dealkylation sites (tertiary alicyclic amines) is 1. The number of aromatic amines is 1. The number of aromatic nitrogens is 2. The fourth-order valence-electron chi connectivity index (χ4n) is 4.73. The van der Waals surface area contributed by atoms with Gasteiger partial charge in [-0.1, -0.05) is 24.3 Å². The summed E-state index contributed by atoms with van der Waals surface area (Å²) in [6.07, 6.45) is 6.99. The van der Waals surface area contributed by atoms with Crippen LogP contribution < -0.4 is 10.9 Å². The van der Waals surface area contributed by atoms with Crippen LogP contribution in [0.3, 0.4) is 0 Å². The van der Waals surface area contributed by atoms with E-state index in [9.17, 15) is 9.59 Å². The second-order valence-electron chi connectivity index (χ2n) is 8.97. The molecule has 2 N–H and O–H groups in total. The molecule has 3 aromatic rings. The predicted molar refractivity (Wildman–Crippen MR) is 136 cm³/mol. The van der Waals surface area contributed by atoms with Crippen molar-refractivity contribution in [3.05, 3.63) is 62.0 Å². The van der Waals surface area contributed by atoms with Crippen molar-refractivity contribution >= 4 is 39.2 Å². The number of fused-ring (bicyclic) bond motifs is 3. The van der Waals surface area contributed by atoms with Crippen LogP contribution in [0.15, 0.2) is 29.1 Å². The van der Waals surface area contributed by atoms with Crippen LogP contribution in [-0.4, -0.2) is 39.6 Å². The first kappa shape index (κ1) is 22.6. The van der Waals surface area contributed by atoms with Crippen molar-refractivity contribution in [1.29, 1.82) is 0 Å². The van der Waals surface area contributed by atoms with Gasteiger partial charge in [-0.25, -0.2) is 4.98 Å². The normalized spacial score (nSPS) is 16.2. The molecule has 0 bridgehead atoms. The van der Waals surface area contributed by atoms with Gasteiger partial charge in [-0.2, -0.15) is 0 Å². The van der Waals surface area contributed by atoms with E-state index in [1.54, 1.807) is 11.3 Å². The first-order valence-corrected chi connectivity index (χ1v) is 13.8. The Morgan fingerprint density at radius 1 is 1.09 bits per heavy atom. The van der Waals surface area contributed by atoms with E-state index < -0.39 is 0 Å². The number of nitrogens with zero attached hydrogens (tertiary/aromatic N) is 2. The predicted octanol–water partition coefficient (Wildman–Crippen LogP) is 4.01. The number of rotatable bonds is 8. The third-order valence-corrected chi connectivity index (χ3v) is 8.59. The van der Waals surface area contributed by atoms with Gasteiger partial charge in [0, 0.05) is 18.0 Å². The van der Waals surface area contributed by atoms with Crippen molar-refractivity contribution in [1.82, 2.24) is 20.2 Å². The molecule has 33 heavy (non-hydrogen) atoms. The van der Waals surface area contributed by atoms with Crippen LogP contribution in [0.25, 0.3) is 10.2 Å². The topological polar surface area (TPSA) is 78.1 Å². The Kier molecular flexibility index (Phi) is 7.13. The lowest BCUT2D eigenvalue weighted by Gasteiger charge is -2.14. The molecular weight excluding hydrogens is 452 g/mol. The number of thioether (sulfide) groups is 1. The maximum Gasteiger partial charge on any atom is 0.259 e. The number of benzene rings is 1. The van der Waals surface area contributed by atoms with Crippen LogP contribution in [0.5, 0.6) is 0 Å². The van der Waals surface area contributed by atoms with Crippen molar-refractivity contribution in [3.63, 3.8) is 0 Å². The maximum atomic E-state index is 12.6. The molecule has 0 saturated carbocycles. The molecule has 2 aliphatic rings. The highest BCUT2D eigenvalue weighted by Gasteiger charge is 2.19. The highest BCUT2D eigenvalue weighted by molar-refractivity contribution is 7.99. The smallest absolute Gasteiger partial charge is 0.259 e. The SMILES string of the molecule is O=C(CSCc1nc2sc3c(c2c(=O)[nH]1)CCCC3)NCc1ccc(CN2CCCC2)cc1. The summed E-state index contributed by atoms with van der Waals surface area (Å²) in [5.41, 5.74) is 3.61. The quantitative estimate of drug-likeness (QED) is 0.507. The van der Waals surface area contributed by atoms with Crippen LogP contribution in [0, 0.1) is 0 Å². The molecule has 5 rings (SSSR count). The molecule has 0 spiro atoms. The van der Waals surface area contributed by atoms with E-state index >= 15 is 0 Å². The second kappa shape index (κ2) is 10.4. The van der Waals surface area contributed by atoms with Crippen LogP contribution >= 0.6 is 23.1 Å². The number of carbonyl (C=O) groups excluding carboxylic acids is 1. The van der Waals surface area contributed by atoms with Gasteiger partial charge in [0.2, 0.25) is 5.91 Å². The van der Waals surface area contributed by atoms with Crippen molar-refractivity contribution < 1.29 is 4.79 Å². The Bertz CT molecular complexity index is 1180. The standard InChI is InChI=1S/C25H30N4O2S2/c30-22(26-13-17-7-9-18(10-8-17)14-29-11-3-4-12-29)16-32-15-21-27-24(31)23-19-5-1-2-6-20(19)33-25(23)28-21/h7-10H,1-6,11-16H2,(H,26,30)(H,27,28,31). The zero-order valence-electron chi connectivity index (χ0n) is 18.8. The number of hydrogen-bond acceptors (Lipinski definition) is 6. The maximum absolute atomic E-state index is 12.6. The number of H-pyrrole nitrogens is 1. The highest BCUT2D eigenvalue weighted by Crippen LogP contribution is 2.33. The minimum absolute atomic E-state index is 0.00356. The van der Waals surface area contributed by atoms with Gasteiger partial charge in [-0.3, -0.25) is 14.5 Å². The summed E-state index contributed by atoms with van der Waals surface area (Å²) in [4.78, 5) is 37.2. The Morgan fingerprint density at radius 3 is 2.67 bits per heavy atom. The summed E-state index contributed by atoms with van der Waals surface area (Å²) in [6, 6.07) is 8.52. The fraction of sp³-hybridized carbons (Fsp3) is 0.480. The molecule has 1 amide bonds. The third-order valence-electron chi connectivity index (χ3n) is 6.46. The largest absolute Gasteiger partial charge is 0.351 e. The van der Waals surface area contributed by atoms with E-state index in [-0.39, 0.29) is 11.5 Å². The summed E-state index contributed by atoms with van der Waals surface area (Å²) in [7, 11) is 0. The fourth-order valence-corrected chi connectivity index (χ4v) is 6.73. The van der Waals surface area contributed by atoms with E-state index in [2.05, 4.69) is 44.5 Å². The van der Waals surface area contributed by atoms with Crippen LogP contribution in [0.1, 0.15) is 53.1 Å². The molecule has 0 unspecified atom stereocenters. The lowest BCUT2D eigenvalue weighted by atomic mass is 9.97. The molecule has 0 radical (unpaired) electrons. The number of hydrogen-bond donors (Lipinski definition) is 2. The summed E-state index contributed by atoms with van der Waals surface area (Å²) in [6.45, 7) is 3.94. The highest BCUT2D eigenvalue weighted by atomic mass is 32.2. The summed E-state index contributed by atoms with van der Waals surface area (Å²) in [5, 5.41) is 3.78. The minimum atomic E-state index is -0.0346. The Morgan fingerprint density at radius 2 is 1.85 bits per heavy atom. The summed E-state index contributed by atoms with van der Waals surface area (Å²) in [5.74, 6) is 1.51. The summed E-state index contributed by atoms with van der Waals surface area (Å²) < 4.78 is 0. The minimum Gasteiger partial charge on any atom is -0.351 e. The second-order valence-corrected chi connectivity index (χ2v) is 11.0. The van der Waals surface area contributed by atoms with Crippen LogP contribution in [-0.2, 0) is 36.5 Å². The molecule has 1 saturated heterocycles. The molecule has 1 aliphatic carbocycles. The van der Waals surface area contributed by atoms with Gasteiger partial charge in [0.05, 0.1) is 16.9 Å². The summed E-state index contributed by atoms with van der Waals surface area (Å²) >= 11 is 3.14. The number of carbonyl (C=O) groups is 1. The van der Waals surface area contributed by atoms with Gasteiger partial charge < -0.3 is 10.3 Å². The zero-order valence-corrected chi connectivity index (χ0v) is 20.5. The number of nitrogens with one attached hydrogen (secondary N) is 2. The van der Waals surface area contributed by atoms with Crippen LogP contribution in [0.2, 0.25) is 0 Å². The first-order chi connectivity index (χ1) is 16.2. The van der Waals surface area contributed by atoms with Crippen molar-refractivity contribution in [3.8, 4) is 0 Å². The molecule has 174 valence electrons. The molecule has 0 atom stereocenters. The van der Waals surface area contributed by atoms with Crippen LogP contribution in [0.4, 0.5) is 0 Å². The number of aryl methyl sites for hydroxylation is 2. The average molecular weight is 483 g/mol. The van der Waals surface area contributed by atoms with Gasteiger partial charge >= 0.3 is 0 Å². The molecule has 6 nitrogen and oxygen atoms in total. The monoisotopic (exact) mass is 482 g/mol. The molecule has 1 fully saturated rings. The Balaban J connectivity index is 1.09. The van der Waals surface area contributed by atoms with Gasteiger partial charge in [-0.15, -0.1) is 23.1 Å². The van der Waals surface area contributed by atoms with Crippen molar-refractivity contribution in [2.45, 2.75) is 57.4 Å². The van der Waals surface area contributed by atoms with Crippen molar-refractivity contribution in [2.75, 3.05) is 18.8 Å². The zero-order chi connectivity index (χ0) is 22.6. The van der Waals surface area contributed by atoms with E-state index in [4.69, 9.17) is 0 Å². The molecular formula is C25H30N4O2S2. The lowest BCUT2D eigenvalue weighted by molar-refractivity contribution is -0.118. The van der Waals surface area contributed by atoms with Crippen molar-refractivity contribution in [2.24, 2.45) is 0 Å². The van der Waals surface area contributed by atoms with Gasteiger partial charge in [0.25, 0.3) is 5.56 Å². The van der Waals surface area contributed by atoms with E-state index in [1.807, 2.05) is 0 Å². The molecule has 8 heteroatoms. The molecule has 1 aromatic carbocycles. The Labute approximate surface area is 202 Å². The Hall–Kier alpha value is -2.16. The molecule has 2 aromatic heterocycles. The van der Waals surface area contributed by atoms with Gasteiger partial charge in [0.1, 0.15) is 10.7 Å². The lowest BCUT2D eigenvalue weighted by Crippen LogP contribution is -2.24. The van der Waals surface area contributed by atoms with Gasteiger partial charge in [-0.05, 0) is 68.3 Å². The van der Waals surface area contributed by atoms with Gasteiger partial charge in [0.15, 0.2) is 0 Å².